The van der Waals surface area contributed by atoms with Crippen molar-refractivity contribution >= 4 is 11.8 Å². The third-order valence-electron chi connectivity index (χ3n) is 7.13. The van der Waals surface area contributed by atoms with Crippen LogP contribution in [-0.4, -0.2) is 79.6 Å². The third-order valence-corrected chi connectivity index (χ3v) is 7.13. The number of likely N-dealkylation sites (N-methyl/N-ethyl adjacent to an activating group) is 1. The van der Waals surface area contributed by atoms with Crippen LogP contribution < -0.4 is 0 Å². The van der Waals surface area contributed by atoms with E-state index in [1.807, 2.05) is 0 Å². The third kappa shape index (κ3) is 6.50. The first kappa shape index (κ1) is 24.3. The molecule has 2 aliphatic heterocycles. The summed E-state index contributed by atoms with van der Waals surface area (Å²) in [7, 11) is 3.88. The smallest absolute Gasteiger partial charge is 0.316 e. The number of Topliss-reactive ketones (excluding diaryl/α,β-unsaturated/α-hetero) is 1. The molecule has 6 nitrogen and oxygen atoms in total. The normalized spacial score (nSPS) is 31.2. The highest BCUT2D eigenvalue weighted by atomic mass is 16.5. The Bertz CT molecular complexity index is 557. The molecule has 0 aromatic heterocycles. The van der Waals surface area contributed by atoms with E-state index in [2.05, 4.69) is 37.6 Å². The summed E-state index contributed by atoms with van der Waals surface area (Å²) < 4.78 is 11.5. The first-order valence-corrected chi connectivity index (χ1v) is 11.3. The number of hydrogen-bond acceptors (Lipinski definition) is 6. The van der Waals surface area contributed by atoms with Crippen molar-refractivity contribution in [3.05, 3.63) is 0 Å². The lowest BCUT2D eigenvalue weighted by Crippen LogP contribution is -2.57. The number of rotatable bonds is 3. The highest BCUT2D eigenvalue weighted by Gasteiger charge is 2.40. The average molecular weight is 411 g/mol. The van der Waals surface area contributed by atoms with Crippen LogP contribution in [0.5, 0.6) is 0 Å². The minimum Gasteiger partial charge on any atom is -0.463 e. The molecule has 0 bridgehead atoms. The predicted octanol–water partition coefficient (Wildman–Crippen LogP) is 3.14. The molecular weight excluding hydrogens is 368 g/mol. The van der Waals surface area contributed by atoms with Gasteiger partial charge in [0.15, 0.2) is 0 Å². The van der Waals surface area contributed by atoms with Crippen LogP contribution in [0.15, 0.2) is 0 Å². The number of esters is 1. The summed E-state index contributed by atoms with van der Waals surface area (Å²) in [6.07, 6.45) is 4.85. The number of ketones is 1. The number of hydrogen-bond donors (Lipinski definition) is 0. The molecular formula is C23H42N2O4. The van der Waals surface area contributed by atoms with Gasteiger partial charge in [0.2, 0.25) is 0 Å². The van der Waals surface area contributed by atoms with Crippen molar-refractivity contribution in [1.29, 1.82) is 0 Å². The van der Waals surface area contributed by atoms with Crippen molar-refractivity contribution in [2.24, 2.45) is 11.8 Å². The van der Waals surface area contributed by atoms with E-state index in [1.165, 1.54) is 0 Å². The molecule has 0 aromatic carbocycles. The summed E-state index contributed by atoms with van der Waals surface area (Å²) in [5, 5.41) is 0. The summed E-state index contributed by atoms with van der Waals surface area (Å²) in [6, 6.07) is 0. The average Bonchev–Trinajstić information content (AvgIpc) is 2.70. The van der Waals surface area contributed by atoms with E-state index in [0.717, 1.165) is 51.9 Å². The molecule has 0 aliphatic carbocycles. The summed E-state index contributed by atoms with van der Waals surface area (Å²) in [5.41, 5.74) is -0.481. The van der Waals surface area contributed by atoms with E-state index in [9.17, 15) is 9.59 Å². The van der Waals surface area contributed by atoms with Gasteiger partial charge >= 0.3 is 5.97 Å². The number of piperidine rings is 1. The second-order valence-corrected chi connectivity index (χ2v) is 9.89. The van der Waals surface area contributed by atoms with Gasteiger partial charge in [-0.1, -0.05) is 13.8 Å². The van der Waals surface area contributed by atoms with Crippen molar-refractivity contribution in [1.82, 2.24) is 9.80 Å². The zero-order valence-electron chi connectivity index (χ0n) is 19.5. The Morgan fingerprint density at radius 1 is 1.14 bits per heavy atom. The van der Waals surface area contributed by atoms with E-state index >= 15 is 0 Å². The highest BCUT2D eigenvalue weighted by Crippen LogP contribution is 2.31. The Balaban J connectivity index is 2.16. The van der Waals surface area contributed by atoms with Crippen molar-refractivity contribution in [3.8, 4) is 0 Å². The van der Waals surface area contributed by atoms with Crippen LogP contribution in [0, 0.1) is 11.8 Å². The zero-order chi connectivity index (χ0) is 21.7. The fourth-order valence-electron chi connectivity index (χ4n) is 4.63. The minimum absolute atomic E-state index is 0.0494. The van der Waals surface area contributed by atoms with Crippen LogP contribution in [0.1, 0.15) is 66.2 Å². The topological polar surface area (TPSA) is 59.1 Å². The molecule has 0 amide bonds. The van der Waals surface area contributed by atoms with Gasteiger partial charge in [-0.2, -0.15) is 0 Å². The first-order chi connectivity index (χ1) is 13.6. The molecule has 168 valence electrons. The van der Waals surface area contributed by atoms with E-state index in [4.69, 9.17) is 9.47 Å². The van der Waals surface area contributed by atoms with E-state index < -0.39 is 5.92 Å². The standard InChI is InChI=1S/C23H42N2O4/c1-18(2)16-25-14-11-23(12-15-25)17-29-21(27)19(3)20(26)8-10-22(4,28-6)9-7-13-24(23)5/h18-19H,7-17H2,1-6H3/t19?,22-/m1/s1. The van der Waals surface area contributed by atoms with Crippen molar-refractivity contribution in [2.45, 2.75) is 77.4 Å². The van der Waals surface area contributed by atoms with Gasteiger partial charge in [0.25, 0.3) is 0 Å². The number of carbonyl (C=O) groups excluding carboxylic acids is 2. The summed E-state index contributed by atoms with van der Waals surface area (Å²) in [4.78, 5) is 30.0. The van der Waals surface area contributed by atoms with Gasteiger partial charge in [0.05, 0.1) is 11.1 Å². The monoisotopic (exact) mass is 410 g/mol. The van der Waals surface area contributed by atoms with Crippen molar-refractivity contribution < 1.29 is 19.1 Å². The molecule has 2 saturated heterocycles. The Morgan fingerprint density at radius 3 is 2.38 bits per heavy atom. The Morgan fingerprint density at radius 2 is 1.79 bits per heavy atom. The van der Waals surface area contributed by atoms with Crippen LogP contribution >= 0.6 is 0 Å². The van der Waals surface area contributed by atoms with Gasteiger partial charge in [-0.05, 0) is 65.5 Å². The number of nitrogens with zero attached hydrogens (tertiary/aromatic N) is 2. The van der Waals surface area contributed by atoms with Gasteiger partial charge < -0.3 is 14.4 Å². The SMILES string of the molecule is CO[C@]1(C)CCCN(C)C2(CCN(CC(C)C)CC2)COC(=O)C(C)C(=O)CC1. The molecule has 0 saturated carbocycles. The zero-order valence-corrected chi connectivity index (χ0v) is 19.5. The second-order valence-electron chi connectivity index (χ2n) is 9.89. The number of carbonyl (C=O) groups is 2. The number of methoxy groups -OCH3 is 1. The highest BCUT2D eigenvalue weighted by molar-refractivity contribution is 5.98. The molecule has 1 unspecified atom stereocenters. The van der Waals surface area contributed by atoms with Gasteiger partial charge in [0.1, 0.15) is 18.3 Å². The molecule has 0 radical (unpaired) electrons. The van der Waals surface area contributed by atoms with Gasteiger partial charge in [-0.25, -0.2) is 0 Å². The molecule has 6 heteroatoms. The summed E-state index contributed by atoms with van der Waals surface area (Å²) in [6.45, 7) is 12.7. The fourth-order valence-corrected chi connectivity index (χ4v) is 4.63. The number of ether oxygens (including phenoxy) is 2. The molecule has 2 heterocycles. The lowest BCUT2D eigenvalue weighted by molar-refractivity contribution is -0.156. The number of likely N-dealkylation sites (tertiary alicyclic amines) is 1. The maximum atomic E-state index is 12.6. The summed E-state index contributed by atoms with van der Waals surface area (Å²) >= 11 is 0. The van der Waals surface area contributed by atoms with Gasteiger partial charge in [-0.15, -0.1) is 0 Å². The predicted molar refractivity (Wildman–Crippen MR) is 115 cm³/mol. The van der Waals surface area contributed by atoms with Crippen LogP contribution in [0.4, 0.5) is 0 Å². The second kappa shape index (κ2) is 10.4. The lowest BCUT2D eigenvalue weighted by atomic mass is 9.85. The van der Waals surface area contributed by atoms with Crippen LogP contribution in [0.3, 0.4) is 0 Å². The number of cyclic esters (lactones) is 1. The maximum Gasteiger partial charge on any atom is 0.316 e. The quantitative estimate of drug-likeness (QED) is 0.526. The van der Waals surface area contributed by atoms with Crippen LogP contribution in [0.25, 0.3) is 0 Å². The largest absolute Gasteiger partial charge is 0.463 e. The molecule has 2 rings (SSSR count). The molecule has 2 fully saturated rings. The molecule has 0 aromatic rings. The first-order valence-electron chi connectivity index (χ1n) is 11.3. The Kier molecular flexibility index (Phi) is 8.68. The Labute approximate surface area is 177 Å². The van der Waals surface area contributed by atoms with E-state index in [0.29, 0.717) is 25.4 Å². The fraction of sp³-hybridized carbons (Fsp3) is 0.913. The molecule has 29 heavy (non-hydrogen) atoms. The maximum absolute atomic E-state index is 12.6. The Hall–Kier alpha value is -0.980. The molecule has 1 spiro atoms. The molecule has 2 atom stereocenters. The molecule has 2 aliphatic rings. The van der Waals surface area contributed by atoms with Crippen LogP contribution in [-0.2, 0) is 19.1 Å². The molecule has 0 N–H and O–H groups in total. The lowest BCUT2D eigenvalue weighted by Gasteiger charge is -2.47. The van der Waals surface area contributed by atoms with E-state index in [-0.39, 0.29) is 22.9 Å². The summed E-state index contributed by atoms with van der Waals surface area (Å²) in [5.74, 6) is -0.490. The minimum atomic E-state index is -0.708. The van der Waals surface area contributed by atoms with Crippen LogP contribution in [0.2, 0.25) is 0 Å². The van der Waals surface area contributed by atoms with E-state index in [1.54, 1.807) is 14.0 Å². The van der Waals surface area contributed by atoms with Gasteiger partial charge in [-0.3, -0.25) is 14.5 Å². The van der Waals surface area contributed by atoms with Crippen molar-refractivity contribution in [2.75, 3.05) is 46.9 Å². The van der Waals surface area contributed by atoms with Gasteiger partial charge in [0, 0.05) is 33.2 Å². The van der Waals surface area contributed by atoms with Crippen molar-refractivity contribution in [3.63, 3.8) is 0 Å².